The van der Waals surface area contributed by atoms with Gasteiger partial charge in [0.05, 0.1) is 66.5 Å². The van der Waals surface area contributed by atoms with Crippen molar-refractivity contribution in [3.8, 4) is 0 Å². The number of esters is 1. The number of carbonyl (C=O) groups is 4. The van der Waals surface area contributed by atoms with E-state index in [1.165, 1.54) is 24.7 Å². The first-order chi connectivity index (χ1) is 29.0. The maximum atomic E-state index is 14.1. The predicted molar refractivity (Wildman–Crippen MR) is 202 cm³/mol. The van der Waals surface area contributed by atoms with Crippen molar-refractivity contribution in [1.29, 1.82) is 0 Å². The van der Waals surface area contributed by atoms with Gasteiger partial charge in [0, 0.05) is 24.4 Å². The van der Waals surface area contributed by atoms with E-state index >= 15 is 0 Å². The van der Waals surface area contributed by atoms with Gasteiger partial charge in [-0.15, -0.1) is 0 Å². The standard InChI is InChI=1S/C37H48O22S2/c1-60-36(50)54-8-13-3-17(40)23-15(31(47)48)10-52-33(21(13)23)56-19-5-12(6-38)25(42)30(27(19)44)58-32(49)16-11-53-34(59-35-29(46)28(45)26(43)20(7-39)57-35)22-14(4-18(41)24(16)22)9-55-37(51)61-2/h3-4,10-12,17-30,33-35,38-46H,5-9H2,1-2H3,(H,47,48). The fraction of sp³-hybridized carbons (Fsp3) is 0.676. The van der Waals surface area contributed by atoms with Crippen molar-refractivity contribution in [3.05, 3.63) is 47.0 Å². The summed E-state index contributed by atoms with van der Waals surface area (Å²) in [7, 11) is 0. The van der Waals surface area contributed by atoms with Crippen LogP contribution in [0.1, 0.15) is 6.42 Å². The van der Waals surface area contributed by atoms with Gasteiger partial charge in [-0.05, 0) is 53.6 Å². The van der Waals surface area contributed by atoms with Gasteiger partial charge in [-0.1, -0.05) is 12.2 Å². The lowest BCUT2D eigenvalue weighted by molar-refractivity contribution is -0.340. The number of fused-ring (bicyclic) bond motifs is 2. The quantitative estimate of drug-likeness (QED) is 0.0517. The van der Waals surface area contributed by atoms with Crippen LogP contribution in [0.5, 0.6) is 0 Å². The highest BCUT2D eigenvalue weighted by Crippen LogP contribution is 2.47. The predicted octanol–water partition coefficient (Wildman–Crippen LogP) is -2.54. The third-order valence-corrected chi connectivity index (χ3v) is 12.5. The number of ether oxygens (including phenoxy) is 8. The minimum atomic E-state index is -1.87. The van der Waals surface area contributed by atoms with Gasteiger partial charge in [-0.25, -0.2) is 19.2 Å². The summed E-state index contributed by atoms with van der Waals surface area (Å²) in [5.41, 5.74) is -0.242. The lowest BCUT2D eigenvalue weighted by atomic mass is 9.79. The van der Waals surface area contributed by atoms with E-state index in [9.17, 15) is 70.2 Å². The van der Waals surface area contributed by atoms with Crippen LogP contribution >= 0.6 is 23.5 Å². The SMILES string of the molecule is CSC(=O)OCC1=CC(O)C2C(C(=O)O)=COC(OC3CC(CO)C(O)C(OC(=O)C4=COC(OC5OC(CO)C(O)C(O)C5O)C5C(COC(=O)SC)=CC(O)C45)C3O)C12. The van der Waals surface area contributed by atoms with Gasteiger partial charge >= 0.3 is 22.5 Å². The molecule has 0 bridgehead atoms. The third-order valence-electron chi connectivity index (χ3n) is 11.6. The lowest BCUT2D eigenvalue weighted by Crippen LogP contribution is -2.60. The zero-order valence-electron chi connectivity index (χ0n) is 32.4. The number of carbonyl (C=O) groups excluding carboxylic acids is 3. The second kappa shape index (κ2) is 20.0. The molecule has 24 heteroatoms. The van der Waals surface area contributed by atoms with Crippen LogP contribution in [0.25, 0.3) is 0 Å². The number of aliphatic hydroxyl groups excluding tert-OH is 9. The van der Waals surface area contributed by atoms with Gasteiger partial charge in [-0.3, -0.25) is 0 Å². The van der Waals surface area contributed by atoms with Gasteiger partial charge in [0.2, 0.25) is 12.6 Å². The van der Waals surface area contributed by atoms with Crippen LogP contribution in [-0.4, -0.2) is 192 Å². The number of thioether (sulfide) groups is 2. The van der Waals surface area contributed by atoms with Crippen molar-refractivity contribution in [2.75, 3.05) is 38.9 Å². The van der Waals surface area contributed by atoms with E-state index in [2.05, 4.69) is 0 Å². The summed E-state index contributed by atoms with van der Waals surface area (Å²) in [6.07, 6.45) is -14.1. The van der Waals surface area contributed by atoms with Crippen LogP contribution < -0.4 is 0 Å². The maximum Gasteiger partial charge on any atom is 0.367 e. The molecule has 6 rings (SSSR count). The van der Waals surface area contributed by atoms with Gasteiger partial charge in [-0.2, -0.15) is 0 Å². The first-order valence-electron chi connectivity index (χ1n) is 19.0. The fourth-order valence-corrected chi connectivity index (χ4v) is 8.85. The molecule has 0 radical (unpaired) electrons. The maximum absolute atomic E-state index is 14.1. The van der Waals surface area contributed by atoms with Crippen LogP contribution in [-0.2, 0) is 47.5 Å². The molecule has 10 N–H and O–H groups in total. The summed E-state index contributed by atoms with van der Waals surface area (Å²) in [6.45, 7) is -2.26. The minimum absolute atomic E-state index is 0.180. The molecule has 0 amide bonds. The third kappa shape index (κ3) is 9.62. The van der Waals surface area contributed by atoms with E-state index in [4.69, 9.17) is 37.9 Å². The molecule has 340 valence electrons. The van der Waals surface area contributed by atoms with E-state index in [-0.39, 0.29) is 35.3 Å². The molecular weight excluding hydrogens is 861 g/mol. The summed E-state index contributed by atoms with van der Waals surface area (Å²) in [4.78, 5) is 50.2. The van der Waals surface area contributed by atoms with Crippen molar-refractivity contribution in [3.63, 3.8) is 0 Å². The highest BCUT2D eigenvalue weighted by Gasteiger charge is 2.56. The average Bonchev–Trinajstić information content (AvgIpc) is 3.77. The van der Waals surface area contributed by atoms with Crippen molar-refractivity contribution in [2.45, 2.75) is 86.3 Å². The van der Waals surface area contributed by atoms with E-state index in [0.29, 0.717) is 0 Å². The molecule has 1 saturated carbocycles. The van der Waals surface area contributed by atoms with Gasteiger partial charge in [0.1, 0.15) is 43.7 Å². The Kier molecular flexibility index (Phi) is 15.5. The van der Waals surface area contributed by atoms with Crippen LogP contribution in [0.15, 0.2) is 47.0 Å². The number of hydrogen-bond acceptors (Lipinski definition) is 23. The van der Waals surface area contributed by atoms with Crippen LogP contribution in [0.4, 0.5) is 9.59 Å². The second-order valence-corrected chi connectivity index (χ2v) is 16.5. The molecular formula is C37H48O22S2. The number of hydrogen-bond donors (Lipinski definition) is 10. The van der Waals surface area contributed by atoms with Gasteiger partial charge < -0.3 is 89.0 Å². The van der Waals surface area contributed by atoms with E-state index in [1.807, 2.05) is 0 Å². The molecule has 0 aromatic heterocycles. The van der Waals surface area contributed by atoms with Crippen LogP contribution in [0.3, 0.4) is 0 Å². The number of rotatable bonds is 13. The summed E-state index contributed by atoms with van der Waals surface area (Å²) < 4.78 is 45.1. The first-order valence-corrected chi connectivity index (χ1v) is 21.4. The molecule has 3 aliphatic heterocycles. The molecule has 61 heavy (non-hydrogen) atoms. The lowest BCUT2D eigenvalue weighted by Gasteiger charge is -2.45. The largest absolute Gasteiger partial charge is 0.478 e. The Morgan fingerprint density at radius 1 is 0.672 bits per heavy atom. The smallest absolute Gasteiger partial charge is 0.367 e. The molecule has 3 aliphatic carbocycles. The number of aliphatic carboxylic acids is 1. The molecule has 2 fully saturated rings. The molecule has 0 aromatic rings. The first kappa shape index (κ1) is 47.1. The van der Waals surface area contributed by atoms with E-state index in [1.54, 1.807) is 0 Å². The molecule has 0 aromatic carbocycles. The van der Waals surface area contributed by atoms with Gasteiger partial charge in [0.15, 0.2) is 12.4 Å². The summed E-state index contributed by atoms with van der Waals surface area (Å²) >= 11 is 1.53. The molecule has 22 nitrogen and oxygen atoms in total. The Bertz CT molecular complexity index is 1770. The monoisotopic (exact) mass is 908 g/mol. The minimum Gasteiger partial charge on any atom is -0.478 e. The van der Waals surface area contributed by atoms with Crippen molar-refractivity contribution < 1.29 is 108 Å². The normalized spacial score (nSPS) is 40.4. The molecule has 18 unspecified atom stereocenters. The zero-order valence-corrected chi connectivity index (χ0v) is 34.1. The molecule has 3 heterocycles. The van der Waals surface area contributed by atoms with Crippen molar-refractivity contribution >= 4 is 46.1 Å². The average molecular weight is 909 g/mol. The Labute approximate surface area is 355 Å². The van der Waals surface area contributed by atoms with Gasteiger partial charge in [0.25, 0.3) is 0 Å². The van der Waals surface area contributed by atoms with Crippen LogP contribution in [0.2, 0.25) is 0 Å². The second-order valence-electron chi connectivity index (χ2n) is 15.1. The summed E-state index contributed by atoms with van der Waals surface area (Å²) in [5, 5.41) is 105. The number of carboxylic acids is 1. The molecule has 0 spiro atoms. The van der Waals surface area contributed by atoms with Crippen LogP contribution in [0, 0.1) is 29.6 Å². The highest BCUT2D eigenvalue weighted by atomic mass is 32.2. The van der Waals surface area contributed by atoms with Crippen molar-refractivity contribution in [1.82, 2.24) is 0 Å². The Morgan fingerprint density at radius 2 is 1.21 bits per heavy atom. The Morgan fingerprint density at radius 3 is 1.74 bits per heavy atom. The molecule has 6 aliphatic rings. The van der Waals surface area contributed by atoms with E-state index in [0.717, 1.165) is 36.0 Å². The summed E-state index contributed by atoms with van der Waals surface area (Å²) in [5.74, 6) is -8.39. The highest BCUT2D eigenvalue weighted by molar-refractivity contribution is 8.12. The Hall–Kier alpha value is -3.34. The van der Waals surface area contributed by atoms with Crippen molar-refractivity contribution in [2.24, 2.45) is 29.6 Å². The molecule has 18 atom stereocenters. The van der Waals surface area contributed by atoms with E-state index < -0.39 is 152 Å². The number of carboxylic acid groups (broad SMARTS) is 1. The number of aliphatic hydroxyl groups is 9. The zero-order chi connectivity index (χ0) is 44.4. The topological polar surface area (TPSA) is 344 Å². The Balaban J connectivity index is 1.23. The fourth-order valence-electron chi connectivity index (χ4n) is 8.50. The molecule has 1 saturated heterocycles. The summed E-state index contributed by atoms with van der Waals surface area (Å²) in [6, 6.07) is 0.